The molecule has 1 saturated carbocycles. The van der Waals surface area contributed by atoms with Crippen molar-refractivity contribution in [1.82, 2.24) is 10.2 Å². The first-order chi connectivity index (χ1) is 19.4. The highest BCUT2D eigenvalue weighted by molar-refractivity contribution is 7.98. The molecule has 1 heterocycles. The van der Waals surface area contributed by atoms with Crippen LogP contribution in [0.3, 0.4) is 0 Å². The van der Waals surface area contributed by atoms with Crippen molar-refractivity contribution in [3.63, 3.8) is 0 Å². The molecular weight excluding hydrogens is 520 g/mol. The van der Waals surface area contributed by atoms with Crippen molar-refractivity contribution in [2.24, 2.45) is 5.92 Å². The van der Waals surface area contributed by atoms with Gasteiger partial charge in [0.1, 0.15) is 11.8 Å². The predicted octanol–water partition coefficient (Wildman–Crippen LogP) is 7.16. The van der Waals surface area contributed by atoms with Crippen molar-refractivity contribution >= 4 is 23.6 Å². The number of aliphatic carboxylic acids is 1. The molecule has 1 aliphatic rings. The fraction of sp³-hybridized carbons (Fsp3) is 0.455. The number of carbonyl (C=O) groups excluding carboxylic acids is 1. The molecule has 7 heteroatoms. The van der Waals surface area contributed by atoms with Crippen LogP contribution in [-0.4, -0.2) is 46.5 Å². The highest BCUT2D eigenvalue weighted by atomic mass is 32.2. The minimum Gasteiger partial charge on any atom is -0.480 e. The quantitative estimate of drug-likeness (QED) is 0.217. The summed E-state index contributed by atoms with van der Waals surface area (Å²) in [7, 11) is 0. The average Bonchev–Trinajstić information content (AvgIpc) is 3.47. The van der Waals surface area contributed by atoms with E-state index in [0.717, 1.165) is 53.6 Å². The molecule has 0 radical (unpaired) electrons. The first kappa shape index (κ1) is 29.9. The lowest BCUT2D eigenvalue weighted by Crippen LogP contribution is -2.41. The number of thioether (sulfide) groups is 1. The van der Waals surface area contributed by atoms with Gasteiger partial charge in [-0.3, -0.25) is 9.69 Å². The Morgan fingerprint density at radius 2 is 1.85 bits per heavy atom. The Kier molecular flexibility index (Phi) is 11.3. The second-order valence-corrected chi connectivity index (χ2v) is 11.9. The van der Waals surface area contributed by atoms with Crippen LogP contribution in [0.4, 0.5) is 0 Å². The summed E-state index contributed by atoms with van der Waals surface area (Å²) in [6, 6.07) is 17.0. The maximum atomic E-state index is 13.4. The molecule has 1 amide bonds. The Balaban J connectivity index is 1.60. The number of hydrogen-bond acceptors (Lipinski definition) is 5. The van der Waals surface area contributed by atoms with Crippen molar-refractivity contribution in [2.75, 3.05) is 18.6 Å². The highest BCUT2D eigenvalue weighted by Gasteiger charge is 2.23. The van der Waals surface area contributed by atoms with E-state index in [1.54, 1.807) is 18.0 Å². The lowest BCUT2D eigenvalue weighted by Gasteiger charge is -2.27. The smallest absolute Gasteiger partial charge is 0.326 e. The minimum atomic E-state index is -1.01. The summed E-state index contributed by atoms with van der Waals surface area (Å²) < 4.78 is 5.69. The van der Waals surface area contributed by atoms with Crippen molar-refractivity contribution in [1.29, 1.82) is 0 Å². The number of rotatable bonds is 14. The van der Waals surface area contributed by atoms with E-state index in [4.69, 9.17) is 4.42 Å². The molecule has 2 N–H and O–H groups in total. The molecule has 0 aliphatic heterocycles. The third-order valence-corrected chi connectivity index (χ3v) is 8.57. The molecule has 0 unspecified atom stereocenters. The molecule has 0 bridgehead atoms. The number of hydrogen-bond donors (Lipinski definition) is 2. The predicted molar refractivity (Wildman–Crippen MR) is 163 cm³/mol. The zero-order chi connectivity index (χ0) is 28.3. The second kappa shape index (κ2) is 15.1. The van der Waals surface area contributed by atoms with Gasteiger partial charge in [0, 0.05) is 12.1 Å². The van der Waals surface area contributed by atoms with Crippen LogP contribution in [0.1, 0.15) is 72.2 Å². The molecular formula is C33H42N2O4S. The Labute approximate surface area is 242 Å². The van der Waals surface area contributed by atoms with Crippen LogP contribution in [0.25, 0.3) is 11.1 Å². The Bertz CT molecular complexity index is 1240. The highest BCUT2D eigenvalue weighted by Crippen LogP contribution is 2.30. The lowest BCUT2D eigenvalue weighted by molar-refractivity contribution is -0.139. The SMILES string of the molecule is CSCC[C@H](NC(=O)c1ccc(CN(CCC2CCCCC2)Cc2ccco2)cc1-c1ccccc1C)C(=O)O. The third kappa shape index (κ3) is 8.48. The molecule has 2 aromatic carbocycles. The van der Waals surface area contributed by atoms with Gasteiger partial charge in [-0.2, -0.15) is 11.8 Å². The number of furan rings is 1. The maximum Gasteiger partial charge on any atom is 0.326 e. The summed E-state index contributed by atoms with van der Waals surface area (Å²) in [5.74, 6) is 1.03. The molecule has 1 atom stereocenters. The van der Waals surface area contributed by atoms with Gasteiger partial charge >= 0.3 is 5.97 Å². The summed E-state index contributed by atoms with van der Waals surface area (Å²) in [6.45, 7) is 4.50. The molecule has 3 aromatic rings. The van der Waals surface area contributed by atoms with Crippen LogP contribution in [0.5, 0.6) is 0 Å². The monoisotopic (exact) mass is 562 g/mol. The fourth-order valence-corrected chi connectivity index (χ4v) is 6.12. The van der Waals surface area contributed by atoms with Crippen molar-refractivity contribution in [2.45, 2.75) is 71.0 Å². The maximum absolute atomic E-state index is 13.4. The third-order valence-electron chi connectivity index (χ3n) is 7.92. The summed E-state index contributed by atoms with van der Waals surface area (Å²) in [4.78, 5) is 27.7. The van der Waals surface area contributed by atoms with Crippen molar-refractivity contribution < 1.29 is 19.1 Å². The summed E-state index contributed by atoms with van der Waals surface area (Å²) in [5.41, 5.74) is 4.48. The van der Waals surface area contributed by atoms with E-state index in [2.05, 4.69) is 16.3 Å². The number of carboxylic acid groups (broad SMARTS) is 1. The standard InChI is InChI=1S/C33H42N2O4S/c1-24-9-6-7-13-28(24)30-21-26(14-15-29(30)32(36)34-31(33(37)38)17-20-40-2)22-35(23-27-12-8-19-39-27)18-16-25-10-4-3-5-11-25/h6-9,12-15,19,21,25,31H,3-5,10-11,16-18,20,22-23H2,1-2H3,(H,34,36)(H,37,38)/t31-/m0/s1. The van der Waals surface area contributed by atoms with Gasteiger partial charge in [-0.05, 0) is 90.8 Å². The van der Waals surface area contributed by atoms with E-state index < -0.39 is 12.0 Å². The summed E-state index contributed by atoms with van der Waals surface area (Å²) in [6.07, 6.45) is 11.9. The van der Waals surface area contributed by atoms with Crippen LogP contribution < -0.4 is 5.32 Å². The number of aryl methyl sites for hydroxylation is 1. The largest absolute Gasteiger partial charge is 0.480 e. The van der Waals surface area contributed by atoms with Gasteiger partial charge in [-0.1, -0.05) is 62.4 Å². The van der Waals surface area contributed by atoms with Gasteiger partial charge in [0.25, 0.3) is 5.91 Å². The van der Waals surface area contributed by atoms with E-state index in [9.17, 15) is 14.7 Å². The van der Waals surface area contributed by atoms with Crippen LogP contribution in [0, 0.1) is 12.8 Å². The number of nitrogens with zero attached hydrogens (tertiary/aromatic N) is 1. The molecule has 0 spiro atoms. The van der Waals surface area contributed by atoms with Crippen molar-refractivity contribution in [3.8, 4) is 11.1 Å². The molecule has 1 aliphatic carbocycles. The summed E-state index contributed by atoms with van der Waals surface area (Å²) >= 11 is 1.57. The van der Waals surface area contributed by atoms with Gasteiger partial charge < -0.3 is 14.8 Å². The van der Waals surface area contributed by atoms with Gasteiger partial charge in [0.05, 0.1) is 12.8 Å². The van der Waals surface area contributed by atoms with Gasteiger partial charge in [0.15, 0.2) is 0 Å². The van der Waals surface area contributed by atoms with Crippen LogP contribution in [0.15, 0.2) is 65.3 Å². The fourth-order valence-electron chi connectivity index (χ4n) is 5.65. The first-order valence-corrected chi connectivity index (χ1v) is 15.8. The van der Waals surface area contributed by atoms with Gasteiger partial charge in [-0.15, -0.1) is 0 Å². The number of carboxylic acids is 1. The molecule has 40 heavy (non-hydrogen) atoms. The minimum absolute atomic E-state index is 0.358. The Hall–Kier alpha value is -3.03. The number of nitrogens with one attached hydrogen (secondary N) is 1. The van der Waals surface area contributed by atoms with E-state index in [-0.39, 0.29) is 5.91 Å². The molecule has 1 aromatic heterocycles. The Morgan fingerprint density at radius 1 is 1.05 bits per heavy atom. The molecule has 4 rings (SSSR count). The van der Waals surface area contributed by atoms with Crippen LogP contribution >= 0.6 is 11.8 Å². The van der Waals surface area contributed by atoms with E-state index >= 15 is 0 Å². The topological polar surface area (TPSA) is 82.8 Å². The van der Waals surface area contributed by atoms with E-state index in [1.165, 1.54) is 38.5 Å². The van der Waals surface area contributed by atoms with Gasteiger partial charge in [-0.25, -0.2) is 4.79 Å². The normalized spacial score (nSPS) is 14.8. The van der Waals surface area contributed by atoms with Crippen LogP contribution in [0.2, 0.25) is 0 Å². The summed E-state index contributed by atoms with van der Waals surface area (Å²) in [5, 5.41) is 12.5. The first-order valence-electron chi connectivity index (χ1n) is 14.4. The van der Waals surface area contributed by atoms with E-state index in [0.29, 0.717) is 17.7 Å². The lowest BCUT2D eigenvalue weighted by atomic mass is 9.87. The average molecular weight is 563 g/mol. The molecule has 6 nitrogen and oxygen atoms in total. The number of carbonyl (C=O) groups is 2. The van der Waals surface area contributed by atoms with Crippen LogP contribution in [-0.2, 0) is 17.9 Å². The number of amides is 1. The number of benzene rings is 2. The Morgan fingerprint density at radius 3 is 2.55 bits per heavy atom. The molecule has 0 saturated heterocycles. The second-order valence-electron chi connectivity index (χ2n) is 10.9. The molecule has 1 fully saturated rings. The zero-order valence-corrected chi connectivity index (χ0v) is 24.6. The molecule has 214 valence electrons. The van der Waals surface area contributed by atoms with E-state index in [1.807, 2.05) is 61.7 Å². The van der Waals surface area contributed by atoms with Crippen molar-refractivity contribution in [3.05, 3.63) is 83.3 Å². The van der Waals surface area contributed by atoms with Gasteiger partial charge in [0.2, 0.25) is 0 Å². The zero-order valence-electron chi connectivity index (χ0n) is 23.7.